The number of hydrogen-bond acceptors (Lipinski definition) is 3. The second-order valence-electron chi connectivity index (χ2n) is 6.41. The van der Waals surface area contributed by atoms with E-state index in [0.29, 0.717) is 17.7 Å². The quantitative estimate of drug-likeness (QED) is 0.891. The molecule has 4 nitrogen and oxygen atoms in total. The Kier molecular flexibility index (Phi) is 5.06. The van der Waals surface area contributed by atoms with Gasteiger partial charge in [0.25, 0.3) is 5.91 Å². The summed E-state index contributed by atoms with van der Waals surface area (Å²) in [5.74, 6) is -0.108. The van der Waals surface area contributed by atoms with E-state index in [1.807, 2.05) is 30.3 Å². The van der Waals surface area contributed by atoms with Crippen LogP contribution in [0.2, 0.25) is 0 Å². The van der Waals surface area contributed by atoms with Gasteiger partial charge in [0.15, 0.2) is 0 Å². The van der Waals surface area contributed by atoms with Crippen molar-refractivity contribution in [2.75, 3.05) is 6.54 Å². The molecule has 4 heteroatoms. The van der Waals surface area contributed by atoms with Crippen molar-refractivity contribution >= 4 is 5.91 Å². The summed E-state index contributed by atoms with van der Waals surface area (Å²) < 4.78 is 0. The number of rotatable bonds is 5. The van der Waals surface area contributed by atoms with Crippen molar-refractivity contribution in [1.29, 1.82) is 0 Å². The highest BCUT2D eigenvalue weighted by molar-refractivity contribution is 5.96. The van der Waals surface area contributed by atoms with Crippen LogP contribution >= 0.6 is 0 Å². The van der Waals surface area contributed by atoms with Crippen LogP contribution in [0.15, 0.2) is 48.5 Å². The molecule has 0 aliphatic rings. The van der Waals surface area contributed by atoms with Crippen LogP contribution in [-0.2, 0) is 6.54 Å². The van der Waals surface area contributed by atoms with E-state index in [-0.39, 0.29) is 18.2 Å². The van der Waals surface area contributed by atoms with Crippen molar-refractivity contribution < 1.29 is 15.0 Å². The zero-order valence-electron chi connectivity index (χ0n) is 13.8. The lowest BCUT2D eigenvalue weighted by molar-refractivity contribution is 0.0279. The van der Waals surface area contributed by atoms with Crippen LogP contribution in [0.4, 0.5) is 0 Å². The zero-order chi connectivity index (χ0) is 17.0. The Labute approximate surface area is 137 Å². The molecule has 2 N–H and O–H groups in total. The minimum Gasteiger partial charge on any atom is -0.508 e. The Morgan fingerprint density at radius 3 is 2.35 bits per heavy atom. The Bertz CT molecular complexity index is 675. The second kappa shape index (κ2) is 6.84. The molecule has 0 aromatic heterocycles. The summed E-state index contributed by atoms with van der Waals surface area (Å²) in [7, 11) is 0. The van der Waals surface area contributed by atoms with E-state index >= 15 is 0 Å². The van der Waals surface area contributed by atoms with Crippen molar-refractivity contribution in [3.63, 3.8) is 0 Å². The Hall–Kier alpha value is -2.33. The van der Waals surface area contributed by atoms with Crippen molar-refractivity contribution in [3.05, 3.63) is 65.2 Å². The summed E-state index contributed by atoms with van der Waals surface area (Å²) in [5.41, 5.74) is 0.981. The highest BCUT2D eigenvalue weighted by Crippen LogP contribution is 2.22. The van der Waals surface area contributed by atoms with Gasteiger partial charge in [0.05, 0.1) is 5.60 Å². The van der Waals surface area contributed by atoms with Gasteiger partial charge in [0.1, 0.15) is 5.75 Å². The van der Waals surface area contributed by atoms with E-state index in [0.717, 1.165) is 5.56 Å². The molecule has 0 radical (unpaired) electrons. The van der Waals surface area contributed by atoms with Gasteiger partial charge in [0, 0.05) is 24.2 Å². The summed E-state index contributed by atoms with van der Waals surface area (Å²) in [4.78, 5) is 14.5. The van der Waals surface area contributed by atoms with Gasteiger partial charge < -0.3 is 15.1 Å². The van der Waals surface area contributed by atoms with Gasteiger partial charge in [0.2, 0.25) is 0 Å². The number of aliphatic hydroxyl groups is 1. The third-order valence-corrected chi connectivity index (χ3v) is 3.62. The van der Waals surface area contributed by atoms with E-state index in [9.17, 15) is 15.0 Å². The molecule has 0 bridgehead atoms. The molecular weight excluding hydrogens is 290 g/mol. The van der Waals surface area contributed by atoms with Gasteiger partial charge in [-0.25, -0.2) is 0 Å². The predicted molar refractivity (Wildman–Crippen MR) is 90.3 cm³/mol. The number of hydrogen-bond donors (Lipinski definition) is 2. The number of carbonyl (C=O) groups is 1. The van der Waals surface area contributed by atoms with E-state index in [1.165, 1.54) is 0 Å². The first kappa shape index (κ1) is 17.0. The minimum absolute atomic E-state index is 0.0961. The van der Waals surface area contributed by atoms with E-state index in [4.69, 9.17) is 0 Å². The van der Waals surface area contributed by atoms with Gasteiger partial charge in [-0.3, -0.25) is 4.79 Å². The topological polar surface area (TPSA) is 60.8 Å². The molecule has 0 aliphatic heterocycles. The minimum atomic E-state index is -1.00. The number of benzene rings is 2. The van der Waals surface area contributed by atoms with Crippen LogP contribution in [0, 0.1) is 6.92 Å². The van der Waals surface area contributed by atoms with Crippen LogP contribution in [0.1, 0.15) is 35.3 Å². The molecule has 2 aromatic carbocycles. The summed E-state index contributed by atoms with van der Waals surface area (Å²) in [6, 6.07) is 14.6. The smallest absolute Gasteiger partial charge is 0.254 e. The van der Waals surface area contributed by atoms with E-state index < -0.39 is 5.60 Å². The fourth-order valence-corrected chi connectivity index (χ4v) is 2.50. The standard InChI is InChI=1S/C19H23NO3/c1-14-16(10-7-11-17(14)21)18(22)20(13-19(2,3)23)12-15-8-5-4-6-9-15/h4-11,21,23H,12-13H2,1-3H3. The molecule has 2 rings (SSSR count). The van der Waals surface area contributed by atoms with Crippen LogP contribution in [0.25, 0.3) is 0 Å². The third-order valence-electron chi connectivity index (χ3n) is 3.62. The second-order valence-corrected chi connectivity index (χ2v) is 6.41. The maximum atomic E-state index is 12.9. The van der Waals surface area contributed by atoms with Crippen molar-refractivity contribution in [1.82, 2.24) is 4.90 Å². The molecule has 0 aliphatic carbocycles. The molecule has 0 spiro atoms. The highest BCUT2D eigenvalue weighted by Gasteiger charge is 2.25. The first-order valence-electron chi connectivity index (χ1n) is 7.62. The SMILES string of the molecule is Cc1c(O)cccc1C(=O)N(Cc1ccccc1)CC(C)(C)O. The fourth-order valence-electron chi connectivity index (χ4n) is 2.50. The van der Waals surface area contributed by atoms with Gasteiger partial charge >= 0.3 is 0 Å². The first-order chi connectivity index (χ1) is 10.8. The number of nitrogens with zero attached hydrogens (tertiary/aromatic N) is 1. The van der Waals surface area contributed by atoms with E-state index in [1.54, 1.807) is 43.9 Å². The van der Waals surface area contributed by atoms with Crippen molar-refractivity contribution in [3.8, 4) is 5.75 Å². The number of phenolic OH excluding ortho intramolecular Hbond substituents is 1. The van der Waals surface area contributed by atoms with Gasteiger partial charge in [-0.2, -0.15) is 0 Å². The largest absolute Gasteiger partial charge is 0.508 e. The lowest BCUT2D eigenvalue weighted by Crippen LogP contribution is -2.42. The molecule has 23 heavy (non-hydrogen) atoms. The van der Waals surface area contributed by atoms with E-state index in [2.05, 4.69) is 0 Å². The van der Waals surface area contributed by atoms with Crippen molar-refractivity contribution in [2.45, 2.75) is 32.9 Å². The molecule has 0 saturated heterocycles. The lowest BCUT2D eigenvalue weighted by atomic mass is 10.0. The number of aromatic hydroxyl groups is 1. The van der Waals surface area contributed by atoms with Crippen LogP contribution < -0.4 is 0 Å². The molecule has 0 unspecified atom stereocenters. The molecule has 1 amide bonds. The summed E-state index contributed by atoms with van der Waals surface area (Å²) >= 11 is 0. The Morgan fingerprint density at radius 2 is 1.74 bits per heavy atom. The molecule has 0 atom stereocenters. The average Bonchev–Trinajstić information content (AvgIpc) is 2.48. The summed E-state index contributed by atoms with van der Waals surface area (Å²) in [6.45, 7) is 5.67. The summed E-state index contributed by atoms with van der Waals surface area (Å²) in [6.07, 6.45) is 0. The molecule has 2 aromatic rings. The lowest BCUT2D eigenvalue weighted by Gasteiger charge is -2.30. The monoisotopic (exact) mass is 313 g/mol. The van der Waals surface area contributed by atoms with Gasteiger partial charge in [-0.1, -0.05) is 36.4 Å². The van der Waals surface area contributed by atoms with Crippen LogP contribution in [0.3, 0.4) is 0 Å². The number of amides is 1. The van der Waals surface area contributed by atoms with Gasteiger partial charge in [-0.05, 0) is 38.5 Å². The summed E-state index contributed by atoms with van der Waals surface area (Å²) in [5, 5.41) is 20.0. The Morgan fingerprint density at radius 1 is 1.09 bits per heavy atom. The van der Waals surface area contributed by atoms with Crippen LogP contribution in [0.5, 0.6) is 5.75 Å². The predicted octanol–water partition coefficient (Wildman–Crippen LogP) is 3.11. The fraction of sp³-hybridized carbons (Fsp3) is 0.316. The highest BCUT2D eigenvalue weighted by atomic mass is 16.3. The number of carbonyl (C=O) groups excluding carboxylic acids is 1. The normalized spacial score (nSPS) is 11.3. The molecule has 0 heterocycles. The van der Waals surface area contributed by atoms with Crippen molar-refractivity contribution in [2.24, 2.45) is 0 Å². The maximum Gasteiger partial charge on any atom is 0.254 e. The zero-order valence-corrected chi connectivity index (χ0v) is 13.8. The molecule has 0 saturated carbocycles. The maximum absolute atomic E-state index is 12.9. The molecule has 122 valence electrons. The average molecular weight is 313 g/mol. The molecular formula is C19H23NO3. The number of phenols is 1. The Balaban J connectivity index is 2.32. The third kappa shape index (κ3) is 4.57. The molecule has 0 fully saturated rings. The first-order valence-corrected chi connectivity index (χ1v) is 7.62. The van der Waals surface area contributed by atoms with Gasteiger partial charge in [-0.15, -0.1) is 0 Å². The van der Waals surface area contributed by atoms with Crippen LogP contribution in [-0.4, -0.2) is 33.2 Å².